The van der Waals surface area contributed by atoms with Crippen molar-refractivity contribution in [3.63, 3.8) is 0 Å². The van der Waals surface area contributed by atoms with Gasteiger partial charge < -0.3 is 7.59 Å². The van der Waals surface area contributed by atoms with Crippen LogP contribution in [-0.4, -0.2) is 55.5 Å². The maximum Gasteiger partial charge on any atom is 2.00 e. The van der Waals surface area contributed by atoms with E-state index in [2.05, 4.69) is 4.74 Å². The molecule has 0 aromatic carbocycles. The first-order valence-electron chi connectivity index (χ1n) is 2.73. The van der Waals surface area contributed by atoms with E-state index in [1.165, 1.54) is 6.92 Å². The van der Waals surface area contributed by atoms with Crippen molar-refractivity contribution in [3.8, 4) is 0 Å². The Morgan fingerprint density at radius 2 is 1.73 bits per heavy atom. The summed E-state index contributed by atoms with van der Waals surface area (Å²) in [5.41, 5.74) is 0. The van der Waals surface area contributed by atoms with Crippen LogP contribution < -0.4 is 0 Å². The molecule has 0 heterocycles. The van der Waals surface area contributed by atoms with Crippen molar-refractivity contribution in [2.24, 2.45) is 0 Å². The van der Waals surface area contributed by atoms with Crippen LogP contribution in [0.5, 0.6) is 0 Å². The fourth-order valence-electron chi connectivity index (χ4n) is 0.400. The molecule has 0 aromatic heterocycles. The van der Waals surface area contributed by atoms with Crippen LogP contribution in [0.4, 0.5) is 0 Å². The maximum atomic E-state index is 10.4. The fraction of sp³-hybridized carbons (Fsp3) is 0.500. The molecule has 5 heteroatoms. The Bertz CT molecular complexity index is 165. The van der Waals surface area contributed by atoms with Crippen LogP contribution in [0.1, 0.15) is 23.1 Å². The van der Waals surface area contributed by atoms with Gasteiger partial charge in [-0.15, -0.1) is 0 Å². The van der Waals surface area contributed by atoms with Crippen molar-refractivity contribution < 1.29 is 22.0 Å². The molecule has 0 amide bonds. The molecule has 0 atom stereocenters. The Hall–Kier alpha value is 0.0697. The third-order valence-corrected chi connectivity index (χ3v) is 0.651. The Morgan fingerprint density at radius 1 is 1.27 bits per heavy atom. The first kappa shape index (κ1) is 13.6. The summed E-state index contributed by atoms with van der Waals surface area (Å²) in [4.78, 5) is 30.7. The van der Waals surface area contributed by atoms with Gasteiger partial charge in [-0.25, -0.2) is 0 Å². The summed E-state index contributed by atoms with van der Waals surface area (Å²) in [5.74, 6) is -1.79. The van der Waals surface area contributed by atoms with Crippen LogP contribution in [0.15, 0.2) is 0 Å². The van der Waals surface area contributed by atoms with E-state index >= 15 is 0 Å². The Labute approximate surface area is 97.2 Å². The Balaban J connectivity index is -0.000000135. The normalized spacial score (nSPS) is 7.82. The molecule has 11 heavy (non-hydrogen) atoms. The molecule has 0 unspecified atom stereocenters. The van der Waals surface area contributed by atoms with Crippen molar-refractivity contribution in [1.82, 2.24) is 0 Å². The SMILES string of the molecule is CC(=O)CC(=O)OC(C)=O.[Ca+2].[H-].[H-]. The smallest absolute Gasteiger partial charge is 1.00 e. The second-order valence-electron chi connectivity index (χ2n) is 1.84. The largest absolute Gasteiger partial charge is 2.00 e. The number of carbonyl (C=O) groups is 3. The van der Waals surface area contributed by atoms with Gasteiger partial charge in [0.15, 0.2) is 0 Å². The monoisotopic (exact) mass is 186 g/mol. The molecule has 0 spiro atoms. The van der Waals surface area contributed by atoms with Crippen LogP contribution in [0.2, 0.25) is 0 Å². The van der Waals surface area contributed by atoms with Gasteiger partial charge in [-0.3, -0.25) is 14.4 Å². The van der Waals surface area contributed by atoms with E-state index in [1.807, 2.05) is 0 Å². The van der Waals surface area contributed by atoms with Gasteiger partial charge in [-0.05, 0) is 6.92 Å². The maximum absolute atomic E-state index is 10.4. The van der Waals surface area contributed by atoms with E-state index in [0.717, 1.165) is 6.92 Å². The number of ether oxygens (including phenoxy) is 1. The van der Waals surface area contributed by atoms with Crippen LogP contribution >= 0.6 is 0 Å². The molecule has 0 aliphatic carbocycles. The number of hydrogen-bond acceptors (Lipinski definition) is 4. The third-order valence-electron chi connectivity index (χ3n) is 0.651. The summed E-state index contributed by atoms with van der Waals surface area (Å²) >= 11 is 0. The molecular weight excluding hydrogens is 176 g/mol. The van der Waals surface area contributed by atoms with Crippen molar-refractivity contribution in [1.29, 1.82) is 0 Å². The van der Waals surface area contributed by atoms with Crippen LogP contribution in [0.3, 0.4) is 0 Å². The third kappa shape index (κ3) is 10.1. The van der Waals surface area contributed by atoms with E-state index in [1.54, 1.807) is 0 Å². The quantitative estimate of drug-likeness (QED) is 0.343. The van der Waals surface area contributed by atoms with Gasteiger partial charge in [-0.2, -0.15) is 0 Å². The summed E-state index contributed by atoms with van der Waals surface area (Å²) < 4.78 is 4.06. The molecule has 0 aliphatic heterocycles. The average Bonchev–Trinajstić information content (AvgIpc) is 1.58. The molecule has 4 nitrogen and oxygen atoms in total. The fourth-order valence-corrected chi connectivity index (χ4v) is 0.400. The average molecular weight is 186 g/mol. The van der Waals surface area contributed by atoms with E-state index in [-0.39, 0.29) is 52.8 Å². The van der Waals surface area contributed by atoms with Gasteiger partial charge in [0.1, 0.15) is 12.2 Å². The van der Waals surface area contributed by atoms with E-state index in [9.17, 15) is 14.4 Å². The number of carbonyl (C=O) groups excluding carboxylic acids is 3. The van der Waals surface area contributed by atoms with E-state index < -0.39 is 11.9 Å². The number of hydrogen-bond donors (Lipinski definition) is 0. The molecule has 0 rings (SSSR count). The van der Waals surface area contributed by atoms with Gasteiger partial charge in [0.25, 0.3) is 0 Å². The Morgan fingerprint density at radius 3 is 2.00 bits per heavy atom. The van der Waals surface area contributed by atoms with Gasteiger partial charge in [-0.1, -0.05) is 0 Å². The summed E-state index contributed by atoms with van der Waals surface area (Å²) in [6.45, 7) is 2.36. The first-order chi connectivity index (χ1) is 4.52. The summed E-state index contributed by atoms with van der Waals surface area (Å²) in [7, 11) is 0. The minimum atomic E-state index is -0.792. The summed E-state index contributed by atoms with van der Waals surface area (Å²) in [6.07, 6.45) is -0.334. The van der Waals surface area contributed by atoms with Gasteiger partial charge in [0, 0.05) is 6.92 Å². The molecule has 0 saturated heterocycles. The molecule has 0 radical (unpaired) electrons. The molecular formula is C6H10CaO4. The molecule has 0 N–H and O–H groups in total. The molecule has 0 saturated carbocycles. The van der Waals surface area contributed by atoms with Gasteiger partial charge in [0.2, 0.25) is 0 Å². The zero-order chi connectivity index (χ0) is 8.15. The molecule has 0 bridgehead atoms. The predicted octanol–water partition coefficient (Wildman–Crippen LogP) is -0.101. The number of Topliss-reactive ketones (excluding diaryl/α,β-unsaturated/α-hetero) is 1. The van der Waals surface area contributed by atoms with Crippen molar-refractivity contribution >= 4 is 55.5 Å². The van der Waals surface area contributed by atoms with Gasteiger partial charge >= 0.3 is 49.7 Å². The van der Waals surface area contributed by atoms with Crippen LogP contribution in [0, 0.1) is 0 Å². The number of rotatable bonds is 2. The van der Waals surface area contributed by atoms with Crippen LogP contribution in [0.25, 0.3) is 0 Å². The molecule has 0 aliphatic rings. The predicted molar refractivity (Wildman–Crippen MR) is 40.0 cm³/mol. The Kier molecular flexibility index (Phi) is 8.39. The first-order valence-corrected chi connectivity index (χ1v) is 2.73. The van der Waals surface area contributed by atoms with Gasteiger partial charge in [0.05, 0.1) is 0 Å². The second-order valence-corrected chi connectivity index (χ2v) is 1.84. The number of ketones is 1. The van der Waals surface area contributed by atoms with Crippen LogP contribution in [-0.2, 0) is 19.1 Å². The zero-order valence-electron chi connectivity index (χ0n) is 8.55. The van der Waals surface area contributed by atoms with Crippen molar-refractivity contribution in [2.75, 3.05) is 0 Å². The molecule has 0 aromatic rings. The summed E-state index contributed by atoms with van der Waals surface area (Å²) in [6, 6.07) is 0. The second kappa shape index (κ2) is 6.76. The topological polar surface area (TPSA) is 60.4 Å². The number of esters is 2. The minimum Gasteiger partial charge on any atom is -1.00 e. The minimum absolute atomic E-state index is 0. The molecule has 60 valence electrons. The molecule has 0 fully saturated rings. The van der Waals surface area contributed by atoms with E-state index in [0.29, 0.717) is 0 Å². The standard InChI is InChI=1S/C6H8O4.Ca.2H/c1-4(7)3-6(9)10-5(2)8;;;/h3H2,1-2H3;;;/q;+2;2*-1. The zero-order valence-corrected chi connectivity index (χ0v) is 8.76. The van der Waals surface area contributed by atoms with Crippen molar-refractivity contribution in [2.45, 2.75) is 20.3 Å². The summed E-state index contributed by atoms with van der Waals surface area (Å²) in [5, 5.41) is 0. The van der Waals surface area contributed by atoms with E-state index in [4.69, 9.17) is 0 Å². The van der Waals surface area contributed by atoms with Crippen molar-refractivity contribution in [3.05, 3.63) is 0 Å².